The number of carbonyl (C=O) groups is 1. The van der Waals surface area contributed by atoms with Gasteiger partial charge in [-0.2, -0.15) is 0 Å². The summed E-state index contributed by atoms with van der Waals surface area (Å²) in [6.45, 7) is 1.41. The minimum absolute atomic E-state index is 0. The van der Waals surface area contributed by atoms with Crippen molar-refractivity contribution < 1.29 is 4.79 Å². The van der Waals surface area contributed by atoms with Crippen LogP contribution in [0.4, 0.5) is 0 Å². The third-order valence-corrected chi connectivity index (χ3v) is 3.47. The number of tetrazole rings is 1. The lowest BCUT2D eigenvalue weighted by molar-refractivity contribution is 0.0709. The van der Waals surface area contributed by atoms with Crippen molar-refractivity contribution in [2.75, 3.05) is 13.1 Å². The topological polar surface area (TPSA) is 89.9 Å². The van der Waals surface area contributed by atoms with Gasteiger partial charge in [0.2, 0.25) is 0 Å². The van der Waals surface area contributed by atoms with Gasteiger partial charge in [-0.15, -0.1) is 17.5 Å². The third-order valence-electron chi connectivity index (χ3n) is 3.47. The molecule has 1 amide bonds. The van der Waals surface area contributed by atoms with E-state index in [0.29, 0.717) is 12.1 Å². The molecule has 0 saturated carbocycles. The van der Waals surface area contributed by atoms with Gasteiger partial charge < -0.3 is 10.6 Å². The SMILES string of the molecule is Cl.N[C@@H]1CCCN(C(=O)c2ccc(-n3cnnn3)cc2)C1. The van der Waals surface area contributed by atoms with Gasteiger partial charge in [-0.05, 0) is 47.5 Å². The number of likely N-dealkylation sites (tertiary alicyclic amines) is 1. The Morgan fingerprint density at radius 3 is 2.67 bits per heavy atom. The Labute approximate surface area is 128 Å². The zero-order chi connectivity index (χ0) is 13.9. The van der Waals surface area contributed by atoms with E-state index < -0.39 is 0 Å². The van der Waals surface area contributed by atoms with Crippen molar-refractivity contribution in [2.24, 2.45) is 5.73 Å². The molecule has 2 heterocycles. The van der Waals surface area contributed by atoms with Gasteiger partial charge in [-0.3, -0.25) is 4.79 Å². The summed E-state index contributed by atoms with van der Waals surface area (Å²) in [5, 5.41) is 11.0. The number of benzene rings is 1. The van der Waals surface area contributed by atoms with Crippen molar-refractivity contribution in [1.82, 2.24) is 25.1 Å². The van der Waals surface area contributed by atoms with Crippen molar-refractivity contribution in [1.29, 1.82) is 0 Å². The molecule has 1 aromatic carbocycles. The summed E-state index contributed by atoms with van der Waals surface area (Å²) in [4.78, 5) is 14.2. The molecule has 112 valence electrons. The highest BCUT2D eigenvalue weighted by atomic mass is 35.5. The smallest absolute Gasteiger partial charge is 0.253 e. The zero-order valence-corrected chi connectivity index (χ0v) is 12.2. The maximum atomic E-state index is 12.4. The Morgan fingerprint density at radius 2 is 2.05 bits per heavy atom. The summed E-state index contributed by atoms with van der Waals surface area (Å²) in [6.07, 6.45) is 3.47. The number of amides is 1. The van der Waals surface area contributed by atoms with Crippen LogP contribution < -0.4 is 5.73 Å². The molecule has 8 heteroatoms. The standard InChI is InChI=1S/C13H16N6O.ClH/c14-11-2-1-7-18(8-11)13(20)10-3-5-12(6-4-10)19-9-15-16-17-19;/h3-6,9,11H,1-2,7-8,14H2;1H/t11-;/m1./s1. The molecule has 0 spiro atoms. The van der Waals surface area contributed by atoms with Gasteiger partial charge in [-0.25, -0.2) is 4.68 Å². The zero-order valence-electron chi connectivity index (χ0n) is 11.4. The summed E-state index contributed by atoms with van der Waals surface area (Å²) in [5.41, 5.74) is 7.39. The van der Waals surface area contributed by atoms with E-state index in [-0.39, 0.29) is 24.4 Å². The van der Waals surface area contributed by atoms with Crippen molar-refractivity contribution in [2.45, 2.75) is 18.9 Å². The highest BCUT2D eigenvalue weighted by Gasteiger charge is 2.22. The summed E-state index contributed by atoms with van der Waals surface area (Å²) in [5.74, 6) is 0.0309. The van der Waals surface area contributed by atoms with Crippen LogP contribution in [0.5, 0.6) is 0 Å². The van der Waals surface area contributed by atoms with E-state index in [1.54, 1.807) is 16.8 Å². The number of rotatable bonds is 2. The van der Waals surface area contributed by atoms with Crippen LogP contribution in [0.1, 0.15) is 23.2 Å². The molecule has 21 heavy (non-hydrogen) atoms. The Bertz CT molecular complexity index is 585. The Hall–Kier alpha value is -1.99. The fourth-order valence-corrected chi connectivity index (χ4v) is 2.41. The molecule has 1 fully saturated rings. The number of nitrogens with two attached hydrogens (primary N) is 1. The number of nitrogens with zero attached hydrogens (tertiary/aromatic N) is 5. The molecule has 3 rings (SSSR count). The molecule has 1 aliphatic rings. The predicted octanol–water partition coefficient (Wildman–Crippen LogP) is 0.647. The normalized spacial score (nSPS) is 18.1. The fourth-order valence-electron chi connectivity index (χ4n) is 2.41. The van der Waals surface area contributed by atoms with E-state index in [4.69, 9.17) is 5.73 Å². The Morgan fingerprint density at radius 1 is 1.29 bits per heavy atom. The monoisotopic (exact) mass is 308 g/mol. The summed E-state index contributed by atoms with van der Waals surface area (Å²) < 4.78 is 1.55. The lowest BCUT2D eigenvalue weighted by Crippen LogP contribution is -2.45. The minimum Gasteiger partial charge on any atom is -0.337 e. The molecular weight excluding hydrogens is 292 g/mol. The first-order valence-corrected chi connectivity index (χ1v) is 6.62. The van der Waals surface area contributed by atoms with E-state index in [0.717, 1.165) is 25.1 Å². The largest absolute Gasteiger partial charge is 0.337 e. The quantitative estimate of drug-likeness (QED) is 0.879. The average molecular weight is 309 g/mol. The number of halogens is 1. The van der Waals surface area contributed by atoms with Gasteiger partial charge in [0.25, 0.3) is 5.91 Å². The highest BCUT2D eigenvalue weighted by molar-refractivity contribution is 5.94. The summed E-state index contributed by atoms with van der Waals surface area (Å²) in [7, 11) is 0. The van der Waals surface area contributed by atoms with Gasteiger partial charge in [0.05, 0.1) is 5.69 Å². The molecule has 1 atom stereocenters. The van der Waals surface area contributed by atoms with Crippen LogP contribution in [-0.4, -0.2) is 50.1 Å². The molecule has 0 radical (unpaired) electrons. The molecule has 1 aromatic heterocycles. The van der Waals surface area contributed by atoms with E-state index >= 15 is 0 Å². The van der Waals surface area contributed by atoms with Gasteiger partial charge in [0, 0.05) is 24.7 Å². The number of carbonyl (C=O) groups excluding carboxylic acids is 1. The number of hydrogen-bond donors (Lipinski definition) is 1. The molecular formula is C13H17ClN6O. The van der Waals surface area contributed by atoms with Crippen molar-refractivity contribution >= 4 is 18.3 Å². The molecule has 1 saturated heterocycles. The first-order chi connectivity index (χ1) is 9.74. The molecule has 0 aliphatic carbocycles. The van der Waals surface area contributed by atoms with Crippen molar-refractivity contribution in [3.05, 3.63) is 36.2 Å². The van der Waals surface area contributed by atoms with Gasteiger partial charge in [-0.1, -0.05) is 0 Å². The number of aromatic nitrogens is 4. The molecule has 1 aliphatic heterocycles. The van der Waals surface area contributed by atoms with E-state index in [1.165, 1.54) is 6.33 Å². The lowest BCUT2D eigenvalue weighted by Gasteiger charge is -2.30. The van der Waals surface area contributed by atoms with Crippen molar-refractivity contribution in [3.63, 3.8) is 0 Å². The Balaban J connectivity index is 0.00000161. The summed E-state index contributed by atoms with van der Waals surface area (Å²) >= 11 is 0. The Kier molecular flexibility index (Phi) is 4.87. The highest BCUT2D eigenvalue weighted by Crippen LogP contribution is 2.14. The van der Waals surface area contributed by atoms with E-state index in [9.17, 15) is 4.79 Å². The molecule has 2 N–H and O–H groups in total. The average Bonchev–Trinajstić information content (AvgIpc) is 3.01. The van der Waals surface area contributed by atoms with Gasteiger partial charge >= 0.3 is 0 Å². The van der Waals surface area contributed by atoms with Gasteiger partial charge in [0.1, 0.15) is 6.33 Å². The van der Waals surface area contributed by atoms with Crippen molar-refractivity contribution in [3.8, 4) is 5.69 Å². The molecule has 0 bridgehead atoms. The van der Waals surface area contributed by atoms with Gasteiger partial charge in [0.15, 0.2) is 0 Å². The van der Waals surface area contributed by atoms with Crippen LogP contribution in [0.3, 0.4) is 0 Å². The second-order valence-electron chi connectivity index (χ2n) is 4.95. The molecule has 0 unspecified atom stereocenters. The molecule has 7 nitrogen and oxygen atoms in total. The third kappa shape index (κ3) is 3.37. The summed E-state index contributed by atoms with van der Waals surface area (Å²) in [6, 6.07) is 7.33. The maximum Gasteiger partial charge on any atom is 0.253 e. The predicted molar refractivity (Wildman–Crippen MR) is 79.5 cm³/mol. The van der Waals surface area contributed by atoms with E-state index in [2.05, 4.69) is 15.5 Å². The van der Waals surface area contributed by atoms with Crippen LogP contribution in [0, 0.1) is 0 Å². The number of piperidine rings is 1. The lowest BCUT2D eigenvalue weighted by atomic mass is 10.1. The second kappa shape index (κ2) is 6.64. The molecule has 2 aromatic rings. The van der Waals surface area contributed by atoms with Crippen LogP contribution in [0.2, 0.25) is 0 Å². The number of hydrogen-bond acceptors (Lipinski definition) is 5. The maximum absolute atomic E-state index is 12.4. The first kappa shape index (κ1) is 15.4. The van der Waals surface area contributed by atoms with Crippen LogP contribution in [0.25, 0.3) is 5.69 Å². The van der Waals surface area contributed by atoms with Crippen LogP contribution in [-0.2, 0) is 0 Å². The minimum atomic E-state index is 0. The van der Waals surface area contributed by atoms with E-state index in [1.807, 2.05) is 17.0 Å². The first-order valence-electron chi connectivity index (χ1n) is 6.62. The second-order valence-corrected chi connectivity index (χ2v) is 4.95. The van der Waals surface area contributed by atoms with Crippen LogP contribution in [0.15, 0.2) is 30.6 Å². The van der Waals surface area contributed by atoms with Crippen LogP contribution >= 0.6 is 12.4 Å². The fraction of sp³-hybridized carbons (Fsp3) is 0.385.